The number of amidine groups is 1. The van der Waals surface area contributed by atoms with Crippen LogP contribution in [-0.4, -0.2) is 16.7 Å². The van der Waals surface area contributed by atoms with Crippen LogP contribution in [0.15, 0.2) is 63.9 Å². The largest absolute Gasteiger partial charge is 0.443 e. The van der Waals surface area contributed by atoms with Crippen molar-refractivity contribution in [3.05, 3.63) is 71.5 Å². The minimum Gasteiger partial charge on any atom is -0.443 e. The number of rotatable bonds is 5. The number of amides is 1. The lowest BCUT2D eigenvalue weighted by atomic mass is 10.1. The molecule has 0 unspecified atom stereocenters. The predicted octanol–water partition coefficient (Wildman–Crippen LogP) is 3.14. The van der Waals surface area contributed by atoms with Crippen molar-refractivity contribution in [1.29, 1.82) is 0 Å². The molecule has 26 heavy (non-hydrogen) atoms. The summed E-state index contributed by atoms with van der Waals surface area (Å²) in [6.07, 6.45) is 4.81. The molecule has 1 aromatic carbocycles. The second-order valence-corrected chi connectivity index (χ2v) is 6.42. The molecule has 0 bridgehead atoms. The third-order valence-corrected chi connectivity index (χ3v) is 4.36. The minimum absolute atomic E-state index is 0.0297. The Labute approximate surface area is 152 Å². The van der Waals surface area contributed by atoms with Crippen LogP contribution in [0, 0.1) is 0 Å². The Morgan fingerprint density at radius 2 is 2.15 bits per heavy atom. The van der Waals surface area contributed by atoms with Crippen molar-refractivity contribution in [2.75, 3.05) is 0 Å². The Morgan fingerprint density at radius 1 is 1.38 bits per heavy atom. The van der Waals surface area contributed by atoms with Crippen LogP contribution in [0.5, 0.6) is 0 Å². The van der Waals surface area contributed by atoms with Crippen molar-refractivity contribution < 1.29 is 9.21 Å². The van der Waals surface area contributed by atoms with Gasteiger partial charge in [0.25, 0.3) is 5.91 Å². The molecule has 3 N–H and O–H groups in total. The van der Waals surface area contributed by atoms with Crippen molar-refractivity contribution in [2.45, 2.75) is 32.7 Å². The number of aromatic nitrogens is 1. The van der Waals surface area contributed by atoms with Gasteiger partial charge < -0.3 is 15.5 Å². The first-order valence-corrected chi connectivity index (χ1v) is 8.47. The van der Waals surface area contributed by atoms with E-state index in [0.29, 0.717) is 11.6 Å². The summed E-state index contributed by atoms with van der Waals surface area (Å²) in [7, 11) is 0. The fourth-order valence-corrected chi connectivity index (χ4v) is 2.97. The van der Waals surface area contributed by atoms with Gasteiger partial charge in [0.1, 0.15) is 17.8 Å². The van der Waals surface area contributed by atoms with E-state index in [0.717, 1.165) is 24.0 Å². The van der Waals surface area contributed by atoms with E-state index in [4.69, 9.17) is 10.2 Å². The number of oxazole rings is 1. The smallest absolute Gasteiger partial charge is 0.254 e. The van der Waals surface area contributed by atoms with Gasteiger partial charge in [-0.1, -0.05) is 30.8 Å². The van der Waals surface area contributed by atoms with Crippen LogP contribution in [0.1, 0.15) is 43.3 Å². The number of aliphatic imine (C=N–C) groups is 1. The summed E-state index contributed by atoms with van der Waals surface area (Å²) in [4.78, 5) is 21.0. The van der Waals surface area contributed by atoms with Gasteiger partial charge in [0.15, 0.2) is 0 Å². The molecule has 0 saturated heterocycles. The molecule has 6 heteroatoms. The summed E-state index contributed by atoms with van der Waals surface area (Å²) in [5.74, 6) is 0.0718. The molecule has 1 aliphatic carbocycles. The number of nitrogens with one attached hydrogen (secondary N) is 1. The summed E-state index contributed by atoms with van der Waals surface area (Å²) in [5.41, 5.74) is 9.92. The fourth-order valence-electron chi connectivity index (χ4n) is 2.97. The Kier molecular flexibility index (Phi) is 5.02. The summed E-state index contributed by atoms with van der Waals surface area (Å²) < 4.78 is 5.28. The number of hydrogen-bond acceptors (Lipinski definition) is 4. The van der Waals surface area contributed by atoms with Crippen molar-refractivity contribution in [2.24, 2.45) is 10.7 Å². The molecule has 1 amide bonds. The molecule has 1 aromatic heterocycles. The van der Waals surface area contributed by atoms with E-state index in [1.54, 1.807) is 0 Å². The standard InChI is InChI=1S/C20H22N4O2/c1-12(2)17(20-22-10-11-26-20)24-18(21)13(3)19(25)23-16-9-8-14-6-4-5-7-15(14)16/h4-7,10-11,16H,3,8-9H2,1-2H3,(H2,21,24)(H,23,25)/t16-/m1/s1. The quantitative estimate of drug-likeness (QED) is 0.492. The number of allylic oxidation sites excluding steroid dienone is 1. The number of carbonyl (C=O) groups excluding carboxylic acids is 1. The first-order chi connectivity index (χ1) is 12.5. The van der Waals surface area contributed by atoms with E-state index >= 15 is 0 Å². The zero-order valence-electron chi connectivity index (χ0n) is 15.0. The van der Waals surface area contributed by atoms with E-state index in [1.807, 2.05) is 32.0 Å². The molecule has 0 saturated carbocycles. The topological polar surface area (TPSA) is 93.5 Å². The van der Waals surface area contributed by atoms with Gasteiger partial charge >= 0.3 is 0 Å². The molecule has 0 fully saturated rings. The number of nitrogens with zero attached hydrogens (tertiary/aromatic N) is 2. The SMILES string of the molecule is C=C(C(=O)N[C@@H]1CCc2ccccc21)C(N)=NC(=C(C)C)c1ncco1. The molecular formula is C20H22N4O2. The lowest BCUT2D eigenvalue weighted by molar-refractivity contribution is -0.117. The van der Waals surface area contributed by atoms with Crippen molar-refractivity contribution in [3.63, 3.8) is 0 Å². The maximum Gasteiger partial charge on any atom is 0.254 e. The van der Waals surface area contributed by atoms with Gasteiger partial charge in [0.05, 0.1) is 17.8 Å². The Hall–Kier alpha value is -3.15. The number of nitrogens with two attached hydrogens (primary N) is 1. The normalized spacial score (nSPS) is 16.1. The lowest BCUT2D eigenvalue weighted by Crippen LogP contribution is -2.33. The number of benzene rings is 1. The fraction of sp³-hybridized carbons (Fsp3) is 0.250. The first-order valence-electron chi connectivity index (χ1n) is 8.47. The molecule has 0 radical (unpaired) electrons. The third-order valence-electron chi connectivity index (χ3n) is 4.36. The molecule has 1 atom stereocenters. The van der Waals surface area contributed by atoms with E-state index in [2.05, 4.69) is 27.9 Å². The van der Waals surface area contributed by atoms with E-state index in [1.165, 1.54) is 18.0 Å². The Bertz CT molecular complexity index is 890. The zero-order valence-corrected chi connectivity index (χ0v) is 15.0. The third kappa shape index (κ3) is 3.59. The van der Waals surface area contributed by atoms with Gasteiger partial charge in [-0.15, -0.1) is 0 Å². The molecule has 1 heterocycles. The average molecular weight is 350 g/mol. The predicted molar refractivity (Wildman–Crippen MR) is 101 cm³/mol. The number of fused-ring (bicyclic) bond motifs is 1. The molecule has 6 nitrogen and oxygen atoms in total. The lowest BCUT2D eigenvalue weighted by Gasteiger charge is -2.15. The van der Waals surface area contributed by atoms with Crippen molar-refractivity contribution in [1.82, 2.24) is 10.3 Å². The highest BCUT2D eigenvalue weighted by Gasteiger charge is 2.25. The minimum atomic E-state index is -0.325. The molecule has 1 aliphatic rings. The molecule has 2 aromatic rings. The van der Waals surface area contributed by atoms with Crippen molar-refractivity contribution in [3.8, 4) is 0 Å². The zero-order chi connectivity index (χ0) is 18.7. The highest BCUT2D eigenvalue weighted by Crippen LogP contribution is 2.30. The molecule has 3 rings (SSSR count). The van der Waals surface area contributed by atoms with Gasteiger partial charge in [0.2, 0.25) is 5.89 Å². The molecule has 134 valence electrons. The second-order valence-electron chi connectivity index (χ2n) is 6.42. The van der Waals surface area contributed by atoms with Crippen LogP contribution >= 0.6 is 0 Å². The van der Waals surface area contributed by atoms with Gasteiger partial charge in [-0.2, -0.15) is 0 Å². The Balaban J connectivity index is 1.74. The highest BCUT2D eigenvalue weighted by atomic mass is 16.3. The van der Waals surface area contributed by atoms with Gasteiger partial charge in [-0.25, -0.2) is 9.98 Å². The monoisotopic (exact) mass is 350 g/mol. The summed E-state index contributed by atoms with van der Waals surface area (Å²) in [6, 6.07) is 8.08. The highest BCUT2D eigenvalue weighted by molar-refractivity contribution is 6.20. The van der Waals surface area contributed by atoms with Gasteiger partial charge in [-0.05, 0) is 43.4 Å². The molecular weight excluding hydrogens is 328 g/mol. The van der Waals surface area contributed by atoms with Crippen molar-refractivity contribution >= 4 is 17.4 Å². The number of aryl methyl sites for hydroxylation is 1. The summed E-state index contributed by atoms with van der Waals surface area (Å²) >= 11 is 0. The van der Waals surface area contributed by atoms with Crippen LogP contribution in [0.4, 0.5) is 0 Å². The maximum atomic E-state index is 12.6. The van der Waals surface area contributed by atoms with E-state index in [-0.39, 0.29) is 23.4 Å². The summed E-state index contributed by atoms with van der Waals surface area (Å²) in [5, 5.41) is 3.00. The first kappa shape index (κ1) is 17.7. The summed E-state index contributed by atoms with van der Waals surface area (Å²) in [6.45, 7) is 7.54. The maximum absolute atomic E-state index is 12.6. The van der Waals surface area contributed by atoms with Gasteiger partial charge in [0, 0.05) is 0 Å². The van der Waals surface area contributed by atoms with Crippen LogP contribution < -0.4 is 11.1 Å². The average Bonchev–Trinajstić information content (AvgIpc) is 3.29. The van der Waals surface area contributed by atoms with Crippen LogP contribution in [0.3, 0.4) is 0 Å². The number of hydrogen-bond donors (Lipinski definition) is 2. The van der Waals surface area contributed by atoms with Crippen LogP contribution in [0.25, 0.3) is 5.70 Å². The van der Waals surface area contributed by atoms with E-state index < -0.39 is 0 Å². The molecule has 0 spiro atoms. The van der Waals surface area contributed by atoms with Gasteiger partial charge in [-0.3, -0.25) is 4.79 Å². The van der Waals surface area contributed by atoms with Crippen LogP contribution in [-0.2, 0) is 11.2 Å². The Morgan fingerprint density at radius 3 is 2.85 bits per heavy atom. The second kappa shape index (κ2) is 7.39. The van der Waals surface area contributed by atoms with E-state index in [9.17, 15) is 4.79 Å². The molecule has 0 aliphatic heterocycles. The van der Waals surface area contributed by atoms with Crippen LogP contribution in [0.2, 0.25) is 0 Å². The number of carbonyl (C=O) groups is 1.